The zero-order valence-corrected chi connectivity index (χ0v) is 16.9. The second-order valence-electron chi connectivity index (χ2n) is 7.06. The number of rotatable bonds is 7. The highest BCUT2D eigenvalue weighted by atomic mass is 16.2. The molecule has 28 heavy (non-hydrogen) atoms. The topological polar surface area (TPSA) is 47.9 Å². The van der Waals surface area contributed by atoms with E-state index >= 15 is 0 Å². The minimum absolute atomic E-state index is 0.202. The molecule has 2 aromatic rings. The van der Waals surface area contributed by atoms with Crippen LogP contribution in [0.1, 0.15) is 49.0 Å². The van der Waals surface area contributed by atoms with E-state index in [-0.39, 0.29) is 5.91 Å². The van der Waals surface area contributed by atoms with Crippen LogP contribution in [0, 0.1) is 0 Å². The molecule has 0 unspecified atom stereocenters. The van der Waals surface area contributed by atoms with Gasteiger partial charge in [0.1, 0.15) is 0 Å². The highest BCUT2D eigenvalue weighted by molar-refractivity contribution is 5.95. The van der Waals surface area contributed by atoms with Gasteiger partial charge in [0.2, 0.25) is 0 Å². The molecular weight excluding hydrogens is 348 g/mol. The molecule has 0 radical (unpaired) electrons. The summed E-state index contributed by atoms with van der Waals surface area (Å²) in [4.78, 5) is 16.9. The second-order valence-corrected chi connectivity index (χ2v) is 7.06. The molecule has 148 valence electrons. The first kappa shape index (κ1) is 19.9. The van der Waals surface area contributed by atoms with E-state index in [9.17, 15) is 4.79 Å². The minimum atomic E-state index is -0.202. The molecule has 1 heterocycles. The van der Waals surface area contributed by atoms with Crippen molar-refractivity contribution in [1.29, 1.82) is 0 Å². The first-order valence-corrected chi connectivity index (χ1v) is 10.2. The van der Waals surface area contributed by atoms with E-state index in [0.29, 0.717) is 5.56 Å². The predicted octanol–water partition coefficient (Wildman–Crippen LogP) is 4.29. The van der Waals surface area contributed by atoms with E-state index in [1.165, 1.54) is 24.9 Å². The Morgan fingerprint density at radius 2 is 1.64 bits per heavy atom. The molecule has 3 rings (SSSR count). The fourth-order valence-corrected chi connectivity index (χ4v) is 3.57. The molecule has 2 aromatic carbocycles. The number of hydrogen-bond acceptors (Lipinski definition) is 4. The summed E-state index contributed by atoms with van der Waals surface area (Å²) in [5, 5.41) is 4.10. The van der Waals surface area contributed by atoms with Crippen LogP contribution in [0.2, 0.25) is 0 Å². The van der Waals surface area contributed by atoms with Gasteiger partial charge in [-0.1, -0.05) is 12.1 Å². The Bertz CT molecular complexity index is 773. The third kappa shape index (κ3) is 5.12. The standard InChI is InChI=1S/C23H30N4O/c1-3-26(4-2)21-14-10-20(11-15-21)23(28)25-24-18-19-8-12-22(13-9-19)27-16-6-5-7-17-27/h8-15,18H,3-7,16-17H2,1-2H3,(H,25,28)/b24-18+. The van der Waals surface area contributed by atoms with Gasteiger partial charge in [-0.3, -0.25) is 4.79 Å². The number of carbonyl (C=O) groups excluding carboxylic acids is 1. The zero-order chi connectivity index (χ0) is 19.8. The Hall–Kier alpha value is -2.82. The number of hydrazone groups is 1. The molecule has 0 aromatic heterocycles. The predicted molar refractivity (Wildman–Crippen MR) is 118 cm³/mol. The van der Waals surface area contributed by atoms with Gasteiger partial charge in [0, 0.05) is 43.1 Å². The second kappa shape index (κ2) is 9.93. The number of amides is 1. The first-order chi connectivity index (χ1) is 13.7. The summed E-state index contributed by atoms with van der Waals surface area (Å²) >= 11 is 0. The van der Waals surface area contributed by atoms with Crippen LogP contribution in [0.15, 0.2) is 53.6 Å². The lowest BCUT2D eigenvalue weighted by atomic mass is 10.1. The Kier molecular flexibility index (Phi) is 7.06. The number of piperidine rings is 1. The minimum Gasteiger partial charge on any atom is -0.372 e. The zero-order valence-electron chi connectivity index (χ0n) is 16.9. The van der Waals surface area contributed by atoms with Crippen LogP contribution in [0.25, 0.3) is 0 Å². The molecule has 0 saturated carbocycles. The number of nitrogens with zero attached hydrogens (tertiary/aromatic N) is 3. The Morgan fingerprint density at radius 3 is 2.25 bits per heavy atom. The molecule has 0 atom stereocenters. The Labute approximate surface area is 168 Å². The monoisotopic (exact) mass is 378 g/mol. The van der Waals surface area contributed by atoms with Crippen LogP contribution < -0.4 is 15.2 Å². The summed E-state index contributed by atoms with van der Waals surface area (Å²) in [6, 6.07) is 16.0. The van der Waals surface area contributed by atoms with E-state index in [1.54, 1.807) is 6.21 Å². The van der Waals surface area contributed by atoms with Gasteiger partial charge in [0.25, 0.3) is 5.91 Å². The summed E-state index contributed by atoms with van der Waals surface area (Å²) in [5.74, 6) is -0.202. The molecule has 5 nitrogen and oxygen atoms in total. The third-order valence-corrected chi connectivity index (χ3v) is 5.25. The molecule has 1 aliphatic rings. The largest absolute Gasteiger partial charge is 0.372 e. The van der Waals surface area contributed by atoms with Crippen LogP contribution in [-0.2, 0) is 0 Å². The Morgan fingerprint density at radius 1 is 1.00 bits per heavy atom. The maximum absolute atomic E-state index is 12.3. The molecule has 1 N–H and O–H groups in total. The van der Waals surface area contributed by atoms with Crippen molar-refractivity contribution in [3.63, 3.8) is 0 Å². The fourth-order valence-electron chi connectivity index (χ4n) is 3.57. The average molecular weight is 379 g/mol. The number of carbonyl (C=O) groups is 1. The molecule has 1 amide bonds. The van der Waals surface area contributed by atoms with Gasteiger partial charge in [-0.15, -0.1) is 0 Å². The average Bonchev–Trinajstić information content (AvgIpc) is 2.76. The third-order valence-electron chi connectivity index (χ3n) is 5.25. The molecule has 1 aliphatic heterocycles. The van der Waals surface area contributed by atoms with Gasteiger partial charge in [-0.25, -0.2) is 5.43 Å². The summed E-state index contributed by atoms with van der Waals surface area (Å²) in [5.41, 5.74) is 6.57. The van der Waals surface area contributed by atoms with Gasteiger partial charge in [0.05, 0.1) is 6.21 Å². The summed E-state index contributed by atoms with van der Waals surface area (Å²) in [6.07, 6.45) is 5.55. The smallest absolute Gasteiger partial charge is 0.271 e. The van der Waals surface area contributed by atoms with Crippen LogP contribution in [0.3, 0.4) is 0 Å². The van der Waals surface area contributed by atoms with Crippen molar-refractivity contribution >= 4 is 23.5 Å². The van der Waals surface area contributed by atoms with Gasteiger partial charge in [-0.05, 0) is 75.1 Å². The van der Waals surface area contributed by atoms with E-state index in [2.05, 4.69) is 46.3 Å². The van der Waals surface area contributed by atoms with Gasteiger partial charge < -0.3 is 9.80 Å². The number of benzene rings is 2. The molecule has 5 heteroatoms. The molecular formula is C23H30N4O. The van der Waals surface area contributed by atoms with Crippen molar-refractivity contribution in [3.05, 3.63) is 59.7 Å². The lowest BCUT2D eigenvalue weighted by molar-refractivity contribution is 0.0955. The van der Waals surface area contributed by atoms with Gasteiger partial charge in [-0.2, -0.15) is 5.10 Å². The summed E-state index contributed by atoms with van der Waals surface area (Å²) < 4.78 is 0. The van der Waals surface area contributed by atoms with Crippen LogP contribution in [0.5, 0.6) is 0 Å². The van der Waals surface area contributed by atoms with Crippen molar-refractivity contribution in [2.24, 2.45) is 5.10 Å². The molecule has 0 aliphatic carbocycles. The first-order valence-electron chi connectivity index (χ1n) is 10.2. The number of anilines is 2. The molecule has 0 spiro atoms. The maximum atomic E-state index is 12.3. The van der Waals surface area contributed by atoms with Crippen molar-refractivity contribution < 1.29 is 4.79 Å². The van der Waals surface area contributed by atoms with E-state index < -0.39 is 0 Å². The van der Waals surface area contributed by atoms with Crippen LogP contribution >= 0.6 is 0 Å². The quantitative estimate of drug-likeness (QED) is 0.578. The lowest BCUT2D eigenvalue weighted by Crippen LogP contribution is -2.29. The van der Waals surface area contributed by atoms with Gasteiger partial charge in [0.15, 0.2) is 0 Å². The molecule has 1 saturated heterocycles. The van der Waals surface area contributed by atoms with E-state index in [1.807, 2.05) is 36.4 Å². The van der Waals surface area contributed by atoms with Crippen molar-refractivity contribution in [2.45, 2.75) is 33.1 Å². The van der Waals surface area contributed by atoms with Crippen LogP contribution in [-0.4, -0.2) is 38.3 Å². The van der Waals surface area contributed by atoms with E-state index in [4.69, 9.17) is 0 Å². The molecule has 0 bridgehead atoms. The maximum Gasteiger partial charge on any atom is 0.271 e. The van der Waals surface area contributed by atoms with Gasteiger partial charge >= 0.3 is 0 Å². The highest BCUT2D eigenvalue weighted by Crippen LogP contribution is 2.19. The van der Waals surface area contributed by atoms with Crippen LogP contribution in [0.4, 0.5) is 11.4 Å². The number of hydrogen-bond donors (Lipinski definition) is 1. The lowest BCUT2D eigenvalue weighted by Gasteiger charge is -2.28. The summed E-state index contributed by atoms with van der Waals surface area (Å²) in [6.45, 7) is 8.41. The number of nitrogens with one attached hydrogen (secondary N) is 1. The van der Waals surface area contributed by atoms with Crippen molar-refractivity contribution in [3.8, 4) is 0 Å². The highest BCUT2D eigenvalue weighted by Gasteiger charge is 2.10. The SMILES string of the molecule is CCN(CC)c1ccc(C(=O)N/N=C/c2ccc(N3CCCCC3)cc2)cc1. The Balaban J connectivity index is 1.54. The molecule has 1 fully saturated rings. The summed E-state index contributed by atoms with van der Waals surface area (Å²) in [7, 11) is 0. The van der Waals surface area contributed by atoms with Crippen molar-refractivity contribution in [1.82, 2.24) is 5.43 Å². The fraction of sp³-hybridized carbons (Fsp3) is 0.391. The van der Waals surface area contributed by atoms with E-state index in [0.717, 1.165) is 37.4 Å². The van der Waals surface area contributed by atoms with Crippen molar-refractivity contribution in [2.75, 3.05) is 36.0 Å². The normalized spacial score (nSPS) is 14.3.